The molecule has 3 N–H and O–H groups in total. The van der Waals surface area contributed by atoms with Crippen molar-refractivity contribution >= 4 is 5.91 Å². The number of amides is 1. The summed E-state index contributed by atoms with van der Waals surface area (Å²) in [4.78, 5) is 11.9. The fraction of sp³-hybridized carbons (Fsp3) is 0.500. The summed E-state index contributed by atoms with van der Waals surface area (Å²) in [5.41, 5.74) is 6.05. The lowest BCUT2D eigenvalue weighted by Gasteiger charge is -2.15. The van der Waals surface area contributed by atoms with Gasteiger partial charge in [0.25, 0.3) is 0 Å². The van der Waals surface area contributed by atoms with Crippen molar-refractivity contribution in [1.82, 2.24) is 5.32 Å². The van der Waals surface area contributed by atoms with Gasteiger partial charge in [-0.15, -0.1) is 0 Å². The molecule has 0 radical (unpaired) electrons. The van der Waals surface area contributed by atoms with Gasteiger partial charge in [-0.2, -0.15) is 8.78 Å². The number of carbonyl (C=O) groups excluding carboxylic acids is 1. The molecule has 112 valence electrons. The third-order valence-electron chi connectivity index (χ3n) is 2.93. The third-order valence-corrected chi connectivity index (χ3v) is 2.93. The van der Waals surface area contributed by atoms with E-state index in [0.29, 0.717) is 12.0 Å². The molecule has 1 amide bonds. The molecule has 20 heavy (non-hydrogen) atoms. The summed E-state index contributed by atoms with van der Waals surface area (Å²) in [6.07, 6.45) is 1.57. The summed E-state index contributed by atoms with van der Waals surface area (Å²) in [7, 11) is 0. The first-order chi connectivity index (χ1) is 9.58. The Morgan fingerprint density at radius 3 is 2.70 bits per heavy atom. The van der Waals surface area contributed by atoms with E-state index in [0.717, 1.165) is 6.42 Å². The van der Waals surface area contributed by atoms with Crippen LogP contribution in [0.2, 0.25) is 0 Å². The zero-order valence-corrected chi connectivity index (χ0v) is 11.4. The van der Waals surface area contributed by atoms with Crippen molar-refractivity contribution < 1.29 is 18.3 Å². The second kappa shape index (κ2) is 8.47. The van der Waals surface area contributed by atoms with E-state index in [1.807, 2.05) is 6.92 Å². The maximum atomic E-state index is 12.3. The minimum absolute atomic E-state index is 0.0718. The molecule has 1 atom stereocenters. The minimum atomic E-state index is -2.89. The van der Waals surface area contributed by atoms with Crippen LogP contribution >= 0.6 is 0 Å². The van der Waals surface area contributed by atoms with Gasteiger partial charge in [-0.25, -0.2) is 0 Å². The fourth-order valence-electron chi connectivity index (χ4n) is 1.89. The van der Waals surface area contributed by atoms with Gasteiger partial charge in [0.15, 0.2) is 0 Å². The fourth-order valence-corrected chi connectivity index (χ4v) is 1.89. The summed E-state index contributed by atoms with van der Waals surface area (Å²) in [6, 6.07) is 6.38. The van der Waals surface area contributed by atoms with Crippen molar-refractivity contribution in [1.29, 1.82) is 0 Å². The number of hydrogen-bond acceptors (Lipinski definition) is 3. The van der Waals surface area contributed by atoms with Gasteiger partial charge in [0.05, 0.1) is 5.92 Å². The number of para-hydroxylation sites is 1. The zero-order chi connectivity index (χ0) is 15.0. The SMILES string of the molecule is CCCC(CN)C(=O)NCc1ccccc1OC(F)F. The van der Waals surface area contributed by atoms with Crippen molar-refractivity contribution in [2.75, 3.05) is 6.54 Å². The lowest BCUT2D eigenvalue weighted by atomic mass is 10.0. The minimum Gasteiger partial charge on any atom is -0.434 e. The van der Waals surface area contributed by atoms with Crippen LogP contribution in [0.5, 0.6) is 5.75 Å². The Labute approximate surface area is 117 Å². The Morgan fingerprint density at radius 2 is 2.10 bits per heavy atom. The van der Waals surface area contributed by atoms with Gasteiger partial charge < -0.3 is 15.8 Å². The monoisotopic (exact) mass is 286 g/mol. The van der Waals surface area contributed by atoms with Crippen molar-refractivity contribution in [2.24, 2.45) is 11.7 Å². The Bertz CT molecular complexity index is 427. The van der Waals surface area contributed by atoms with Gasteiger partial charge in [-0.05, 0) is 12.5 Å². The predicted octanol–water partition coefficient (Wildman–Crippen LogP) is 2.28. The molecule has 1 unspecified atom stereocenters. The Morgan fingerprint density at radius 1 is 1.40 bits per heavy atom. The predicted molar refractivity (Wildman–Crippen MR) is 72.4 cm³/mol. The van der Waals surface area contributed by atoms with Crippen LogP contribution in [0.15, 0.2) is 24.3 Å². The largest absolute Gasteiger partial charge is 0.434 e. The van der Waals surface area contributed by atoms with E-state index in [9.17, 15) is 13.6 Å². The van der Waals surface area contributed by atoms with Gasteiger partial charge in [-0.3, -0.25) is 4.79 Å². The molecule has 0 aliphatic carbocycles. The summed E-state index contributed by atoms with van der Waals surface area (Å²) in [5, 5.41) is 2.70. The summed E-state index contributed by atoms with van der Waals surface area (Å²) < 4.78 is 28.9. The standard InChI is InChI=1S/C14H20F2N2O2/c1-2-5-10(8-17)13(19)18-9-11-6-3-4-7-12(11)20-14(15)16/h3-4,6-7,10,14H,2,5,8-9,17H2,1H3,(H,18,19). The van der Waals surface area contributed by atoms with Crippen LogP contribution in [0.25, 0.3) is 0 Å². The highest BCUT2D eigenvalue weighted by atomic mass is 19.3. The Hall–Kier alpha value is -1.69. The van der Waals surface area contributed by atoms with Crippen LogP contribution < -0.4 is 15.8 Å². The highest BCUT2D eigenvalue weighted by Crippen LogP contribution is 2.20. The maximum absolute atomic E-state index is 12.3. The molecule has 6 heteroatoms. The summed E-state index contributed by atoms with van der Waals surface area (Å²) >= 11 is 0. The number of carbonyl (C=O) groups is 1. The number of alkyl halides is 2. The van der Waals surface area contributed by atoms with Crippen molar-refractivity contribution in [3.8, 4) is 5.75 Å². The van der Waals surface area contributed by atoms with Crippen LogP contribution in [0, 0.1) is 5.92 Å². The first kappa shape index (κ1) is 16.4. The molecule has 0 heterocycles. The van der Waals surface area contributed by atoms with E-state index in [2.05, 4.69) is 10.1 Å². The number of hydrogen-bond donors (Lipinski definition) is 2. The molecule has 0 aliphatic rings. The molecule has 0 spiro atoms. The number of nitrogens with one attached hydrogen (secondary N) is 1. The van der Waals surface area contributed by atoms with E-state index in [-0.39, 0.29) is 30.7 Å². The zero-order valence-electron chi connectivity index (χ0n) is 11.4. The van der Waals surface area contributed by atoms with E-state index in [1.165, 1.54) is 6.07 Å². The molecule has 0 aromatic heterocycles. The van der Waals surface area contributed by atoms with E-state index < -0.39 is 6.61 Å². The van der Waals surface area contributed by atoms with Crippen LogP contribution in [-0.2, 0) is 11.3 Å². The smallest absolute Gasteiger partial charge is 0.387 e. The number of ether oxygens (including phenoxy) is 1. The molecule has 0 saturated heterocycles. The second-order valence-electron chi connectivity index (χ2n) is 4.43. The molecule has 1 aromatic carbocycles. The van der Waals surface area contributed by atoms with Crippen LogP contribution in [0.4, 0.5) is 8.78 Å². The quantitative estimate of drug-likeness (QED) is 0.770. The van der Waals surface area contributed by atoms with E-state index in [4.69, 9.17) is 5.73 Å². The molecule has 0 saturated carbocycles. The van der Waals surface area contributed by atoms with Gasteiger partial charge >= 0.3 is 6.61 Å². The normalized spacial score (nSPS) is 12.2. The molecular formula is C14H20F2N2O2. The molecule has 0 aliphatic heterocycles. The van der Waals surface area contributed by atoms with Crippen molar-refractivity contribution in [2.45, 2.75) is 32.9 Å². The number of rotatable bonds is 8. The third kappa shape index (κ3) is 5.13. The lowest BCUT2D eigenvalue weighted by molar-refractivity contribution is -0.125. The van der Waals surface area contributed by atoms with Gasteiger partial charge in [-0.1, -0.05) is 31.5 Å². The molecule has 1 rings (SSSR count). The van der Waals surface area contributed by atoms with Crippen LogP contribution in [0.3, 0.4) is 0 Å². The lowest BCUT2D eigenvalue weighted by Crippen LogP contribution is -2.34. The molecule has 4 nitrogen and oxygen atoms in total. The van der Waals surface area contributed by atoms with Gasteiger partial charge in [0.1, 0.15) is 5.75 Å². The van der Waals surface area contributed by atoms with E-state index >= 15 is 0 Å². The van der Waals surface area contributed by atoms with Crippen LogP contribution in [-0.4, -0.2) is 19.1 Å². The average Bonchev–Trinajstić information content (AvgIpc) is 2.43. The first-order valence-corrected chi connectivity index (χ1v) is 6.59. The number of nitrogens with two attached hydrogens (primary N) is 1. The summed E-state index contributed by atoms with van der Waals surface area (Å²) in [6.45, 7) is -0.498. The number of halogens is 2. The molecule has 0 bridgehead atoms. The summed E-state index contributed by atoms with van der Waals surface area (Å²) in [5.74, 6) is -0.341. The topological polar surface area (TPSA) is 64.4 Å². The highest BCUT2D eigenvalue weighted by Gasteiger charge is 2.16. The maximum Gasteiger partial charge on any atom is 0.387 e. The highest BCUT2D eigenvalue weighted by molar-refractivity contribution is 5.78. The van der Waals surface area contributed by atoms with Gasteiger partial charge in [0.2, 0.25) is 5.91 Å². The van der Waals surface area contributed by atoms with Crippen molar-refractivity contribution in [3.05, 3.63) is 29.8 Å². The Balaban J connectivity index is 2.62. The molecule has 0 fully saturated rings. The van der Waals surface area contributed by atoms with Crippen molar-refractivity contribution in [3.63, 3.8) is 0 Å². The number of benzene rings is 1. The van der Waals surface area contributed by atoms with E-state index in [1.54, 1.807) is 18.2 Å². The van der Waals surface area contributed by atoms with Crippen LogP contribution in [0.1, 0.15) is 25.3 Å². The molecule has 1 aromatic rings. The first-order valence-electron chi connectivity index (χ1n) is 6.59. The second-order valence-corrected chi connectivity index (χ2v) is 4.43. The Kier molecular flexibility index (Phi) is 6.93. The van der Waals surface area contributed by atoms with Gasteiger partial charge in [0, 0.05) is 18.7 Å². The molecular weight excluding hydrogens is 266 g/mol. The average molecular weight is 286 g/mol.